The zero-order chi connectivity index (χ0) is 30.0. The number of amides is 2. The monoisotopic (exact) mass is 611 g/mol. The molecule has 224 valence electrons. The molecule has 1 atom stereocenters. The lowest BCUT2D eigenvalue weighted by Crippen LogP contribution is -2.43. The van der Waals surface area contributed by atoms with Gasteiger partial charge >= 0.3 is 0 Å². The number of ether oxygens (including phenoxy) is 1. The molecule has 0 spiro atoms. The van der Waals surface area contributed by atoms with Crippen LogP contribution in [0.25, 0.3) is 0 Å². The zero-order valence-corrected chi connectivity index (χ0v) is 25.4. The number of benzene rings is 3. The van der Waals surface area contributed by atoms with Gasteiger partial charge in [-0.05, 0) is 73.6 Å². The molecule has 0 aromatic heterocycles. The van der Waals surface area contributed by atoms with Crippen molar-refractivity contribution in [3.8, 4) is 0 Å². The Hall–Kier alpha value is -3.24. The van der Waals surface area contributed by atoms with Gasteiger partial charge in [-0.1, -0.05) is 66.2 Å². The van der Waals surface area contributed by atoms with Gasteiger partial charge in [0, 0.05) is 43.8 Å². The number of hydrogen-bond acceptors (Lipinski definition) is 5. The lowest BCUT2D eigenvalue weighted by atomic mass is 10.0. The molecule has 0 radical (unpaired) electrons. The fourth-order valence-electron chi connectivity index (χ4n) is 4.56. The van der Waals surface area contributed by atoms with Gasteiger partial charge in [0.25, 0.3) is 0 Å². The van der Waals surface area contributed by atoms with Gasteiger partial charge in [0.2, 0.25) is 21.8 Å². The first-order chi connectivity index (χ1) is 20.3. The second kappa shape index (κ2) is 15.3. The first kappa shape index (κ1) is 31.7. The average molecular weight is 612 g/mol. The third-order valence-electron chi connectivity index (χ3n) is 6.99. The summed E-state index contributed by atoms with van der Waals surface area (Å²) < 4.78 is 33.1. The van der Waals surface area contributed by atoms with E-state index in [1.54, 1.807) is 41.3 Å². The third-order valence-corrected chi connectivity index (χ3v) is 8.78. The van der Waals surface area contributed by atoms with E-state index in [9.17, 15) is 18.0 Å². The average Bonchev–Trinajstić information content (AvgIpc) is 3.80. The van der Waals surface area contributed by atoms with Gasteiger partial charge < -0.3 is 15.0 Å². The Bertz CT molecular complexity index is 1410. The number of rotatable bonds is 16. The number of nitrogens with one attached hydrogen (secondary N) is 2. The summed E-state index contributed by atoms with van der Waals surface area (Å²) >= 11 is 6.10. The molecule has 10 heteroatoms. The summed E-state index contributed by atoms with van der Waals surface area (Å²) in [5.74, 6) is -0.465. The highest BCUT2D eigenvalue weighted by Crippen LogP contribution is 2.26. The van der Waals surface area contributed by atoms with Crippen molar-refractivity contribution in [1.82, 2.24) is 14.9 Å². The Labute approximate surface area is 253 Å². The van der Waals surface area contributed by atoms with Crippen molar-refractivity contribution in [2.75, 3.05) is 19.8 Å². The molecule has 1 saturated carbocycles. The van der Waals surface area contributed by atoms with Crippen molar-refractivity contribution in [2.24, 2.45) is 0 Å². The predicted molar refractivity (Wildman–Crippen MR) is 163 cm³/mol. The Kier molecular flexibility index (Phi) is 11.5. The molecule has 4 rings (SSSR count). The van der Waals surface area contributed by atoms with Crippen LogP contribution < -0.4 is 10.0 Å². The summed E-state index contributed by atoms with van der Waals surface area (Å²) in [6.45, 7) is 3.71. The van der Waals surface area contributed by atoms with Gasteiger partial charge in [0.15, 0.2) is 0 Å². The highest BCUT2D eigenvalue weighted by atomic mass is 35.5. The maximum atomic E-state index is 13.9. The van der Waals surface area contributed by atoms with Gasteiger partial charge in [0.05, 0.1) is 4.90 Å². The minimum absolute atomic E-state index is 0.0263. The van der Waals surface area contributed by atoms with Crippen molar-refractivity contribution in [3.63, 3.8) is 0 Å². The lowest BCUT2D eigenvalue weighted by Gasteiger charge is -2.32. The van der Waals surface area contributed by atoms with Crippen molar-refractivity contribution in [3.05, 3.63) is 101 Å². The van der Waals surface area contributed by atoms with Gasteiger partial charge in [-0.25, -0.2) is 13.1 Å². The van der Waals surface area contributed by atoms with Crippen LogP contribution in [0.5, 0.6) is 0 Å². The van der Waals surface area contributed by atoms with E-state index in [1.165, 1.54) is 0 Å². The zero-order valence-electron chi connectivity index (χ0n) is 23.8. The summed E-state index contributed by atoms with van der Waals surface area (Å²) in [5, 5.41) is 3.57. The Balaban J connectivity index is 1.52. The van der Waals surface area contributed by atoms with Crippen LogP contribution in [-0.2, 0) is 37.3 Å². The molecule has 0 unspecified atom stereocenters. The van der Waals surface area contributed by atoms with E-state index in [2.05, 4.69) is 10.0 Å². The van der Waals surface area contributed by atoms with Crippen LogP contribution in [0, 0.1) is 0 Å². The second-order valence-electron chi connectivity index (χ2n) is 10.3. The Morgan fingerprint density at radius 3 is 2.29 bits per heavy atom. The number of nitrogens with zero attached hydrogens (tertiary/aromatic N) is 1. The number of aryl methyl sites for hydroxylation is 1. The van der Waals surface area contributed by atoms with Gasteiger partial charge in [-0.3, -0.25) is 9.59 Å². The van der Waals surface area contributed by atoms with E-state index in [1.807, 2.05) is 49.4 Å². The highest BCUT2D eigenvalue weighted by molar-refractivity contribution is 7.89. The lowest BCUT2D eigenvalue weighted by molar-refractivity contribution is -0.141. The van der Waals surface area contributed by atoms with Crippen LogP contribution in [0.1, 0.15) is 55.3 Å². The van der Waals surface area contributed by atoms with Crippen LogP contribution >= 0.6 is 11.6 Å². The molecule has 3 aromatic rings. The first-order valence-corrected chi connectivity index (χ1v) is 16.2. The molecule has 8 nitrogen and oxygen atoms in total. The topological polar surface area (TPSA) is 105 Å². The summed E-state index contributed by atoms with van der Waals surface area (Å²) in [7, 11) is -3.55. The molecule has 2 amide bonds. The van der Waals surface area contributed by atoms with Crippen molar-refractivity contribution in [1.29, 1.82) is 0 Å². The molecule has 1 aliphatic rings. The van der Waals surface area contributed by atoms with E-state index >= 15 is 0 Å². The van der Waals surface area contributed by atoms with Gasteiger partial charge in [0.1, 0.15) is 6.04 Å². The molecule has 0 bridgehead atoms. The SMILES string of the molecule is CCOCCCNC(=O)[C@H](c1ccccc1)N(Cc1ccc(Cl)cc1)C(=O)CCc1ccc(S(=O)(=O)NC2CC2)cc1. The molecule has 3 aromatic carbocycles. The highest BCUT2D eigenvalue weighted by Gasteiger charge is 2.31. The molecule has 0 saturated heterocycles. The van der Waals surface area contributed by atoms with E-state index in [-0.39, 0.29) is 35.7 Å². The van der Waals surface area contributed by atoms with Crippen LogP contribution in [0.3, 0.4) is 0 Å². The van der Waals surface area contributed by atoms with Crippen LogP contribution in [0.4, 0.5) is 0 Å². The molecule has 1 fully saturated rings. The van der Waals surface area contributed by atoms with Gasteiger partial charge in [-0.15, -0.1) is 0 Å². The summed E-state index contributed by atoms with van der Waals surface area (Å²) in [6.07, 6.45) is 2.92. The van der Waals surface area contributed by atoms with Crippen LogP contribution in [0.15, 0.2) is 83.8 Å². The largest absolute Gasteiger partial charge is 0.382 e. The van der Waals surface area contributed by atoms with Crippen molar-refractivity contribution < 1.29 is 22.7 Å². The van der Waals surface area contributed by atoms with Crippen molar-refractivity contribution >= 4 is 33.4 Å². The van der Waals surface area contributed by atoms with E-state index in [0.29, 0.717) is 43.2 Å². The predicted octanol–water partition coefficient (Wildman–Crippen LogP) is 5.03. The molecule has 42 heavy (non-hydrogen) atoms. The van der Waals surface area contributed by atoms with Crippen molar-refractivity contribution in [2.45, 2.75) is 62.6 Å². The molecule has 2 N–H and O–H groups in total. The van der Waals surface area contributed by atoms with Crippen LogP contribution in [-0.4, -0.2) is 50.9 Å². The summed E-state index contributed by atoms with van der Waals surface area (Å²) in [5.41, 5.74) is 2.38. The maximum absolute atomic E-state index is 13.9. The molecular formula is C32H38ClN3O5S. The number of halogens is 1. The first-order valence-electron chi connectivity index (χ1n) is 14.3. The van der Waals surface area contributed by atoms with Crippen LogP contribution in [0.2, 0.25) is 5.02 Å². The maximum Gasteiger partial charge on any atom is 0.247 e. The Morgan fingerprint density at radius 2 is 1.64 bits per heavy atom. The number of carbonyl (C=O) groups excluding carboxylic acids is 2. The standard InChI is InChI=1S/C32H38ClN3O5S/c1-2-41-22-6-21-34-32(38)31(26-7-4-3-5-8-26)36(23-25-9-14-27(33)15-10-25)30(37)20-13-24-11-18-29(19-12-24)42(39,40)35-28-16-17-28/h3-5,7-12,14-15,18-19,28,31,35H,2,6,13,16-17,20-23H2,1H3,(H,34,38)/t31-/m0/s1. The third kappa shape index (κ3) is 9.39. The normalized spacial score (nSPS) is 13.9. The number of sulfonamides is 1. The summed E-state index contributed by atoms with van der Waals surface area (Å²) in [4.78, 5) is 29.3. The Morgan fingerprint density at radius 1 is 0.976 bits per heavy atom. The number of carbonyl (C=O) groups is 2. The fourth-order valence-corrected chi connectivity index (χ4v) is 5.99. The number of hydrogen-bond donors (Lipinski definition) is 2. The quantitative estimate of drug-likeness (QED) is 0.221. The minimum Gasteiger partial charge on any atom is -0.382 e. The smallest absolute Gasteiger partial charge is 0.247 e. The van der Waals surface area contributed by atoms with E-state index in [4.69, 9.17) is 16.3 Å². The molecule has 1 aliphatic carbocycles. The van der Waals surface area contributed by atoms with Gasteiger partial charge in [-0.2, -0.15) is 0 Å². The molecule has 0 aliphatic heterocycles. The molecule has 0 heterocycles. The fraction of sp³-hybridized carbons (Fsp3) is 0.375. The second-order valence-corrected chi connectivity index (χ2v) is 12.5. The van der Waals surface area contributed by atoms with E-state index in [0.717, 1.165) is 24.0 Å². The minimum atomic E-state index is -3.55. The molecular weight excluding hydrogens is 574 g/mol. The summed E-state index contributed by atoms with van der Waals surface area (Å²) in [6, 6.07) is 22.3. The van der Waals surface area contributed by atoms with E-state index < -0.39 is 16.1 Å².